The van der Waals surface area contributed by atoms with Crippen molar-refractivity contribution >= 4 is 5.97 Å². The second-order valence-electron chi connectivity index (χ2n) is 3.62. The molecule has 0 fully saturated rings. The molecule has 0 aromatic carbocycles. The van der Waals surface area contributed by atoms with Gasteiger partial charge in [-0.05, 0) is 13.3 Å². The SMILES string of the molecule is CCC[N+](C)(C)CC(=O)OCC. The molecule has 0 N–H and O–H groups in total. The molecular weight excluding hydrogens is 154 g/mol. The molecule has 0 rings (SSSR count). The lowest BCUT2D eigenvalue weighted by atomic mass is 10.3. The van der Waals surface area contributed by atoms with Crippen molar-refractivity contribution < 1.29 is 14.0 Å². The molecule has 0 aliphatic heterocycles. The molecule has 72 valence electrons. The molecule has 0 spiro atoms. The molecule has 0 unspecified atom stereocenters. The summed E-state index contributed by atoms with van der Waals surface area (Å²) >= 11 is 0. The lowest BCUT2D eigenvalue weighted by Crippen LogP contribution is -2.44. The lowest BCUT2D eigenvalue weighted by molar-refractivity contribution is -0.883. The van der Waals surface area contributed by atoms with Crippen LogP contribution in [-0.4, -0.2) is 44.2 Å². The summed E-state index contributed by atoms with van der Waals surface area (Å²) in [6.45, 7) is 5.91. The van der Waals surface area contributed by atoms with Crippen molar-refractivity contribution in [2.45, 2.75) is 20.3 Å². The third-order valence-electron chi connectivity index (χ3n) is 1.69. The molecule has 0 aromatic heterocycles. The average Bonchev–Trinajstić information content (AvgIpc) is 1.85. The molecule has 0 aromatic rings. The number of ether oxygens (including phenoxy) is 1. The number of carbonyl (C=O) groups excluding carboxylic acids is 1. The van der Waals surface area contributed by atoms with Crippen LogP contribution in [0.3, 0.4) is 0 Å². The van der Waals surface area contributed by atoms with E-state index in [-0.39, 0.29) is 5.97 Å². The van der Waals surface area contributed by atoms with E-state index in [2.05, 4.69) is 6.92 Å². The van der Waals surface area contributed by atoms with E-state index in [1.54, 1.807) is 0 Å². The first-order valence-corrected chi connectivity index (χ1v) is 4.49. The summed E-state index contributed by atoms with van der Waals surface area (Å²) in [4.78, 5) is 11.1. The molecule has 0 bridgehead atoms. The van der Waals surface area contributed by atoms with Crippen molar-refractivity contribution in [3.05, 3.63) is 0 Å². The molecule has 0 heterocycles. The van der Waals surface area contributed by atoms with Gasteiger partial charge < -0.3 is 9.22 Å². The van der Waals surface area contributed by atoms with Crippen molar-refractivity contribution in [3.63, 3.8) is 0 Å². The van der Waals surface area contributed by atoms with Gasteiger partial charge in [0.15, 0.2) is 6.54 Å². The first-order chi connectivity index (χ1) is 5.52. The Morgan fingerprint density at radius 1 is 1.33 bits per heavy atom. The van der Waals surface area contributed by atoms with E-state index in [1.807, 2.05) is 21.0 Å². The van der Waals surface area contributed by atoms with Gasteiger partial charge in [0, 0.05) is 0 Å². The Balaban J connectivity index is 3.79. The zero-order valence-corrected chi connectivity index (χ0v) is 8.59. The third kappa shape index (κ3) is 5.13. The Bertz CT molecular complexity index is 143. The Hall–Kier alpha value is -0.570. The van der Waals surface area contributed by atoms with E-state index in [0.29, 0.717) is 13.2 Å². The molecule has 0 aliphatic carbocycles. The quantitative estimate of drug-likeness (QED) is 0.460. The van der Waals surface area contributed by atoms with Crippen LogP contribution in [0.2, 0.25) is 0 Å². The Kier molecular flexibility index (Phi) is 4.90. The second kappa shape index (κ2) is 5.14. The van der Waals surface area contributed by atoms with Gasteiger partial charge >= 0.3 is 5.97 Å². The van der Waals surface area contributed by atoms with Crippen molar-refractivity contribution in [1.82, 2.24) is 0 Å². The molecule has 0 saturated heterocycles. The monoisotopic (exact) mass is 174 g/mol. The third-order valence-corrected chi connectivity index (χ3v) is 1.69. The van der Waals surface area contributed by atoms with E-state index < -0.39 is 0 Å². The van der Waals surface area contributed by atoms with Crippen LogP contribution in [0, 0.1) is 0 Å². The zero-order chi connectivity index (χ0) is 9.61. The largest absolute Gasteiger partial charge is 0.462 e. The Morgan fingerprint density at radius 2 is 1.92 bits per heavy atom. The highest BCUT2D eigenvalue weighted by molar-refractivity contribution is 5.70. The summed E-state index contributed by atoms with van der Waals surface area (Å²) in [6.07, 6.45) is 1.09. The number of nitrogens with zero attached hydrogens (tertiary/aromatic N) is 1. The summed E-state index contributed by atoms with van der Waals surface area (Å²) in [5.74, 6) is -0.101. The maximum absolute atomic E-state index is 11.1. The van der Waals surface area contributed by atoms with Gasteiger partial charge in [-0.1, -0.05) is 6.92 Å². The van der Waals surface area contributed by atoms with Gasteiger partial charge in [-0.25, -0.2) is 4.79 Å². The van der Waals surface area contributed by atoms with Crippen LogP contribution in [0.1, 0.15) is 20.3 Å². The molecular formula is C9H20NO2+. The Morgan fingerprint density at radius 3 is 2.33 bits per heavy atom. The standard InChI is InChI=1S/C9H20NO2/c1-5-7-10(3,4)8-9(11)12-6-2/h5-8H2,1-4H3/q+1. The van der Waals surface area contributed by atoms with Gasteiger partial charge in [-0.2, -0.15) is 0 Å². The van der Waals surface area contributed by atoms with Crippen LogP contribution in [0.15, 0.2) is 0 Å². The van der Waals surface area contributed by atoms with Gasteiger partial charge in [0.05, 0.1) is 27.2 Å². The highest BCUT2D eigenvalue weighted by Gasteiger charge is 2.19. The van der Waals surface area contributed by atoms with E-state index in [4.69, 9.17) is 4.74 Å². The predicted molar refractivity (Wildman–Crippen MR) is 48.8 cm³/mol. The molecule has 0 amide bonds. The number of hydrogen-bond donors (Lipinski definition) is 0. The number of likely N-dealkylation sites (N-methyl/N-ethyl adjacent to an activating group) is 1. The summed E-state index contributed by atoms with van der Waals surface area (Å²) in [7, 11) is 4.08. The highest BCUT2D eigenvalue weighted by atomic mass is 16.5. The molecule has 12 heavy (non-hydrogen) atoms. The maximum Gasteiger partial charge on any atom is 0.361 e. The molecule has 0 aliphatic rings. The fraction of sp³-hybridized carbons (Fsp3) is 0.889. The molecule has 3 nitrogen and oxygen atoms in total. The normalized spacial score (nSPS) is 11.3. The first-order valence-electron chi connectivity index (χ1n) is 4.49. The van der Waals surface area contributed by atoms with Gasteiger partial charge in [-0.15, -0.1) is 0 Å². The van der Waals surface area contributed by atoms with Gasteiger partial charge in [0.25, 0.3) is 0 Å². The van der Waals surface area contributed by atoms with Crippen molar-refractivity contribution in [3.8, 4) is 0 Å². The second-order valence-corrected chi connectivity index (χ2v) is 3.62. The van der Waals surface area contributed by atoms with Crippen LogP contribution in [0.4, 0.5) is 0 Å². The van der Waals surface area contributed by atoms with Crippen molar-refractivity contribution in [2.24, 2.45) is 0 Å². The number of carbonyl (C=O) groups is 1. The smallest absolute Gasteiger partial charge is 0.361 e. The number of hydrogen-bond acceptors (Lipinski definition) is 2. The van der Waals surface area contributed by atoms with Crippen LogP contribution in [-0.2, 0) is 9.53 Å². The first kappa shape index (κ1) is 11.4. The molecule has 0 atom stereocenters. The summed E-state index contributed by atoms with van der Waals surface area (Å²) in [5.41, 5.74) is 0. The fourth-order valence-electron chi connectivity index (χ4n) is 1.24. The summed E-state index contributed by atoms with van der Waals surface area (Å²) in [6, 6.07) is 0. The van der Waals surface area contributed by atoms with Gasteiger partial charge in [0.2, 0.25) is 0 Å². The van der Waals surface area contributed by atoms with Crippen molar-refractivity contribution in [1.29, 1.82) is 0 Å². The van der Waals surface area contributed by atoms with Gasteiger partial charge in [0.1, 0.15) is 0 Å². The van der Waals surface area contributed by atoms with E-state index >= 15 is 0 Å². The van der Waals surface area contributed by atoms with E-state index in [1.165, 1.54) is 0 Å². The van der Waals surface area contributed by atoms with Crippen LogP contribution in [0.5, 0.6) is 0 Å². The molecule has 0 radical (unpaired) electrons. The Labute approximate surface area is 74.9 Å². The lowest BCUT2D eigenvalue weighted by Gasteiger charge is -2.27. The van der Waals surface area contributed by atoms with E-state index in [9.17, 15) is 4.79 Å². The average molecular weight is 174 g/mol. The highest BCUT2D eigenvalue weighted by Crippen LogP contribution is 1.99. The van der Waals surface area contributed by atoms with Crippen LogP contribution < -0.4 is 0 Å². The summed E-state index contributed by atoms with van der Waals surface area (Å²) < 4.78 is 5.59. The number of esters is 1. The topological polar surface area (TPSA) is 26.3 Å². The van der Waals surface area contributed by atoms with Gasteiger partial charge in [-0.3, -0.25) is 0 Å². The number of rotatable bonds is 5. The molecule has 0 saturated carbocycles. The minimum atomic E-state index is -0.101. The van der Waals surface area contributed by atoms with Crippen LogP contribution in [0.25, 0.3) is 0 Å². The van der Waals surface area contributed by atoms with Crippen molar-refractivity contribution in [2.75, 3.05) is 33.8 Å². The number of quaternary nitrogens is 1. The molecule has 3 heteroatoms. The minimum absolute atomic E-state index is 0.101. The maximum atomic E-state index is 11.1. The predicted octanol–water partition coefficient (Wildman–Crippen LogP) is 1.04. The van der Waals surface area contributed by atoms with Crippen LogP contribution >= 0.6 is 0 Å². The van der Waals surface area contributed by atoms with E-state index in [0.717, 1.165) is 17.4 Å². The zero-order valence-electron chi connectivity index (χ0n) is 8.59. The fourth-order valence-corrected chi connectivity index (χ4v) is 1.24. The minimum Gasteiger partial charge on any atom is -0.462 e. The summed E-state index contributed by atoms with van der Waals surface area (Å²) in [5, 5.41) is 0.